The largest absolute Gasteiger partial charge is 0.416 e. The zero-order valence-corrected chi connectivity index (χ0v) is 23.4. The lowest BCUT2D eigenvalue weighted by Gasteiger charge is -2.42. The van der Waals surface area contributed by atoms with Gasteiger partial charge in [0, 0.05) is 6.61 Å². The quantitative estimate of drug-likeness (QED) is 0.195. The molecule has 1 rings (SSSR count). The van der Waals surface area contributed by atoms with Gasteiger partial charge in [0.1, 0.15) is 0 Å². The smallest absolute Gasteiger partial charge is 0.200 e. The lowest BCUT2D eigenvalue weighted by Crippen LogP contribution is -2.47. The Morgan fingerprint density at radius 3 is 2.00 bits per heavy atom. The van der Waals surface area contributed by atoms with Crippen LogP contribution in [0.3, 0.4) is 0 Å². The highest BCUT2D eigenvalue weighted by atomic mass is 32.2. The first-order chi connectivity index (χ1) is 14.3. The Bertz CT molecular complexity index is 686. The van der Waals surface area contributed by atoms with Crippen LogP contribution in [0.15, 0.2) is 42.0 Å². The lowest BCUT2D eigenvalue weighted by molar-refractivity contribution is 0.272. The summed E-state index contributed by atoms with van der Waals surface area (Å²) < 4.78 is 22.5. The Morgan fingerprint density at radius 1 is 1.03 bits per heavy atom. The first-order valence-corrected chi connectivity index (χ1v) is 15.2. The molecule has 31 heavy (non-hydrogen) atoms. The van der Waals surface area contributed by atoms with Crippen molar-refractivity contribution in [2.45, 2.75) is 109 Å². The standard InChI is InChI=1S/C26H47NO2SSi/c1-20(2)31(21(3)4,22(5)6)29-18-14-15-23(7)19-25(24-16-12-11-13-17-24)27-30(28)26(8,9)10/h11-13,16-17,19-22,25,27H,14-15,18H2,1-10H3/b23-19+/t25-,30-/m1/s1. The van der Waals surface area contributed by atoms with Gasteiger partial charge in [-0.25, -0.2) is 8.93 Å². The average Bonchev–Trinajstić information content (AvgIpc) is 2.66. The zero-order valence-electron chi connectivity index (χ0n) is 21.6. The number of rotatable bonds is 12. The van der Waals surface area contributed by atoms with Crippen molar-refractivity contribution < 1.29 is 8.63 Å². The Labute approximate surface area is 196 Å². The van der Waals surface area contributed by atoms with Crippen molar-refractivity contribution in [3.8, 4) is 0 Å². The predicted molar refractivity (Wildman–Crippen MR) is 140 cm³/mol. The summed E-state index contributed by atoms with van der Waals surface area (Å²) in [6, 6.07) is 10.2. The van der Waals surface area contributed by atoms with Crippen LogP contribution in [0.4, 0.5) is 0 Å². The molecule has 0 aliphatic carbocycles. The number of hydrogen-bond acceptors (Lipinski definition) is 2. The molecular formula is C26H47NO2SSi. The van der Waals surface area contributed by atoms with Gasteiger partial charge in [-0.2, -0.15) is 0 Å². The maximum Gasteiger partial charge on any atom is 0.200 e. The molecule has 5 heteroatoms. The molecule has 0 aromatic heterocycles. The molecular weight excluding hydrogens is 418 g/mol. The Kier molecular flexibility index (Phi) is 11.4. The third-order valence-corrected chi connectivity index (χ3v) is 13.9. The van der Waals surface area contributed by atoms with E-state index in [4.69, 9.17) is 4.43 Å². The fourth-order valence-corrected chi connectivity index (χ4v) is 10.9. The molecule has 0 aliphatic heterocycles. The summed E-state index contributed by atoms with van der Waals surface area (Å²) in [6.45, 7) is 23.0. The van der Waals surface area contributed by atoms with E-state index in [2.05, 4.69) is 71.4 Å². The van der Waals surface area contributed by atoms with Crippen LogP contribution in [0.5, 0.6) is 0 Å². The van der Waals surface area contributed by atoms with Gasteiger partial charge in [0.25, 0.3) is 0 Å². The van der Waals surface area contributed by atoms with Crippen molar-refractivity contribution in [2.75, 3.05) is 6.61 Å². The van der Waals surface area contributed by atoms with Crippen LogP contribution in [-0.4, -0.2) is 23.9 Å². The molecule has 3 nitrogen and oxygen atoms in total. The highest BCUT2D eigenvalue weighted by Gasteiger charge is 2.44. The SMILES string of the molecule is C/C(=C\[C@@H](N[S@](=O)C(C)(C)C)c1ccccc1)CCCO[Si](C(C)C)(C(C)C)C(C)C. The minimum Gasteiger partial charge on any atom is -0.416 e. The second-order valence-electron chi connectivity index (χ2n) is 10.7. The summed E-state index contributed by atoms with van der Waals surface area (Å²) in [6.07, 6.45) is 4.25. The summed E-state index contributed by atoms with van der Waals surface area (Å²) in [5, 5.41) is 0. The van der Waals surface area contributed by atoms with Gasteiger partial charge in [-0.3, -0.25) is 0 Å². The minimum atomic E-state index is -1.80. The monoisotopic (exact) mass is 465 g/mol. The normalized spacial score (nSPS) is 15.7. The molecule has 1 aromatic carbocycles. The molecule has 0 saturated heterocycles. The van der Waals surface area contributed by atoms with Crippen molar-refractivity contribution in [1.29, 1.82) is 0 Å². The Morgan fingerprint density at radius 2 is 1.55 bits per heavy atom. The summed E-state index contributed by atoms with van der Waals surface area (Å²) in [5.41, 5.74) is 4.29. The van der Waals surface area contributed by atoms with Crippen molar-refractivity contribution in [2.24, 2.45) is 0 Å². The Hall–Kier alpha value is -0.753. The van der Waals surface area contributed by atoms with E-state index in [0.717, 1.165) is 25.0 Å². The highest BCUT2D eigenvalue weighted by Crippen LogP contribution is 2.42. The molecule has 0 amide bonds. The Balaban J connectivity index is 2.85. The topological polar surface area (TPSA) is 38.3 Å². The maximum absolute atomic E-state index is 12.7. The molecule has 0 bridgehead atoms. The van der Waals surface area contributed by atoms with Gasteiger partial charge >= 0.3 is 0 Å². The van der Waals surface area contributed by atoms with Crippen LogP contribution in [0.25, 0.3) is 0 Å². The molecule has 0 fully saturated rings. The van der Waals surface area contributed by atoms with Gasteiger partial charge in [0.2, 0.25) is 0 Å². The molecule has 2 atom stereocenters. The van der Waals surface area contributed by atoms with Crippen molar-refractivity contribution >= 4 is 19.3 Å². The summed E-state index contributed by atoms with van der Waals surface area (Å²) in [7, 11) is -2.93. The van der Waals surface area contributed by atoms with E-state index >= 15 is 0 Å². The maximum atomic E-state index is 12.7. The lowest BCUT2D eigenvalue weighted by atomic mass is 10.0. The second-order valence-corrected chi connectivity index (χ2v) is 18.1. The van der Waals surface area contributed by atoms with Crippen molar-refractivity contribution in [3.05, 3.63) is 47.5 Å². The minimum absolute atomic E-state index is 0.0577. The van der Waals surface area contributed by atoms with Gasteiger partial charge in [0.05, 0.1) is 21.8 Å². The zero-order chi connectivity index (χ0) is 23.8. The van der Waals surface area contributed by atoms with Crippen LogP contribution in [-0.2, 0) is 15.4 Å². The van der Waals surface area contributed by atoms with Gasteiger partial charge < -0.3 is 4.43 Å². The van der Waals surface area contributed by atoms with Crippen LogP contribution in [0.1, 0.15) is 93.7 Å². The van der Waals surface area contributed by atoms with Gasteiger partial charge in [-0.05, 0) is 62.7 Å². The third kappa shape index (κ3) is 8.27. The van der Waals surface area contributed by atoms with Crippen LogP contribution in [0.2, 0.25) is 16.6 Å². The van der Waals surface area contributed by atoms with Crippen molar-refractivity contribution in [3.63, 3.8) is 0 Å². The number of benzene rings is 1. The van der Waals surface area contributed by atoms with E-state index in [1.165, 1.54) is 5.57 Å². The van der Waals surface area contributed by atoms with E-state index in [1.54, 1.807) is 0 Å². The van der Waals surface area contributed by atoms with Gasteiger partial charge in [0.15, 0.2) is 8.32 Å². The van der Waals surface area contributed by atoms with Crippen molar-refractivity contribution in [1.82, 2.24) is 4.72 Å². The first-order valence-electron chi connectivity index (χ1n) is 11.9. The second kappa shape index (κ2) is 12.5. The fourth-order valence-electron chi connectivity index (χ4n) is 4.62. The summed E-state index contributed by atoms with van der Waals surface area (Å²) >= 11 is 0. The summed E-state index contributed by atoms with van der Waals surface area (Å²) in [5.74, 6) is 0. The van der Waals surface area contributed by atoms with Gasteiger partial charge in [-0.1, -0.05) is 83.5 Å². The van der Waals surface area contributed by atoms with Gasteiger partial charge in [-0.15, -0.1) is 0 Å². The molecule has 1 N–H and O–H groups in total. The average molecular weight is 466 g/mol. The highest BCUT2D eigenvalue weighted by molar-refractivity contribution is 7.84. The molecule has 0 spiro atoms. The fraction of sp³-hybridized carbons (Fsp3) is 0.692. The van der Waals surface area contributed by atoms with E-state index in [9.17, 15) is 4.21 Å². The molecule has 1 aromatic rings. The van der Waals surface area contributed by atoms with E-state index < -0.39 is 19.3 Å². The molecule has 0 radical (unpaired) electrons. The summed E-state index contributed by atoms with van der Waals surface area (Å²) in [4.78, 5) is 0. The molecule has 0 unspecified atom stereocenters. The number of nitrogens with one attached hydrogen (secondary N) is 1. The van der Waals surface area contributed by atoms with E-state index in [1.807, 2.05) is 39.0 Å². The predicted octanol–water partition coefficient (Wildman–Crippen LogP) is 7.70. The van der Waals surface area contributed by atoms with Crippen LogP contribution >= 0.6 is 0 Å². The van der Waals surface area contributed by atoms with Crippen LogP contribution < -0.4 is 4.72 Å². The number of hydrogen-bond donors (Lipinski definition) is 1. The molecule has 0 aliphatic rings. The van der Waals surface area contributed by atoms with Crippen LogP contribution in [0, 0.1) is 0 Å². The molecule has 0 saturated carbocycles. The molecule has 0 heterocycles. The van der Waals surface area contributed by atoms with E-state index in [-0.39, 0.29) is 10.8 Å². The first kappa shape index (κ1) is 28.3. The third-order valence-electron chi connectivity index (χ3n) is 6.17. The van der Waals surface area contributed by atoms with E-state index in [0.29, 0.717) is 16.6 Å². The number of allylic oxidation sites excluding steroid dienone is 1. The molecule has 178 valence electrons.